The molecule has 1 aromatic rings. The van der Waals surface area contributed by atoms with Crippen molar-refractivity contribution in [2.75, 3.05) is 11.1 Å². The number of anilines is 2. The Hall–Kier alpha value is -1.23. The third kappa shape index (κ3) is 3.63. The minimum absolute atomic E-state index is 0.170. The van der Waals surface area contributed by atoms with Gasteiger partial charge in [0.05, 0.1) is 17.5 Å². The lowest BCUT2D eigenvalue weighted by atomic mass is 10.1. The second kappa shape index (κ2) is 5.91. The number of aryl methyl sites for hydroxylation is 2. The third-order valence-electron chi connectivity index (χ3n) is 2.69. The van der Waals surface area contributed by atoms with Crippen molar-refractivity contribution in [3.8, 4) is 0 Å². The van der Waals surface area contributed by atoms with Gasteiger partial charge in [0.1, 0.15) is 5.82 Å². The molecule has 0 saturated heterocycles. The first kappa shape index (κ1) is 13.8. The van der Waals surface area contributed by atoms with Gasteiger partial charge in [-0.15, -0.1) is 0 Å². The van der Waals surface area contributed by atoms with E-state index in [1.54, 1.807) is 6.92 Å². The second-order valence-corrected chi connectivity index (χ2v) is 4.70. The summed E-state index contributed by atoms with van der Waals surface area (Å²) >= 11 is 0. The molecule has 1 heterocycles. The summed E-state index contributed by atoms with van der Waals surface area (Å²) in [4.78, 5) is 0. The number of aliphatic hydroxyl groups excluding tert-OH is 1. The number of rotatable bonds is 6. The molecule has 0 aromatic carbocycles. The standard InChI is InChI=1S/C12H24N4O/c1-5-6-16-12(11(13)10(4)15-16)14-8(2)7-9(3)17/h8-9,14,17H,5-7,13H2,1-4H3. The van der Waals surface area contributed by atoms with E-state index in [0.29, 0.717) is 12.1 Å². The van der Waals surface area contributed by atoms with Gasteiger partial charge in [0.15, 0.2) is 0 Å². The van der Waals surface area contributed by atoms with Gasteiger partial charge in [-0.2, -0.15) is 5.10 Å². The van der Waals surface area contributed by atoms with E-state index in [1.165, 1.54) is 0 Å². The van der Waals surface area contributed by atoms with Gasteiger partial charge < -0.3 is 16.2 Å². The van der Waals surface area contributed by atoms with Crippen LogP contribution in [0.2, 0.25) is 0 Å². The highest BCUT2D eigenvalue weighted by Crippen LogP contribution is 2.23. The van der Waals surface area contributed by atoms with Gasteiger partial charge in [0, 0.05) is 12.6 Å². The van der Waals surface area contributed by atoms with Gasteiger partial charge >= 0.3 is 0 Å². The summed E-state index contributed by atoms with van der Waals surface area (Å²) in [5.74, 6) is 0.873. The lowest BCUT2D eigenvalue weighted by Gasteiger charge is -2.18. The van der Waals surface area contributed by atoms with E-state index in [1.807, 2.05) is 18.5 Å². The Morgan fingerprint density at radius 1 is 1.47 bits per heavy atom. The molecule has 0 fully saturated rings. The maximum absolute atomic E-state index is 9.35. The van der Waals surface area contributed by atoms with Crippen molar-refractivity contribution in [1.29, 1.82) is 0 Å². The Balaban J connectivity index is 2.81. The average Bonchev–Trinajstić information content (AvgIpc) is 2.45. The zero-order valence-electron chi connectivity index (χ0n) is 11.2. The van der Waals surface area contributed by atoms with Crippen molar-refractivity contribution in [3.05, 3.63) is 5.69 Å². The minimum atomic E-state index is -0.317. The molecule has 5 nitrogen and oxygen atoms in total. The predicted octanol–water partition coefficient (Wildman–Crippen LogP) is 1.76. The summed E-state index contributed by atoms with van der Waals surface area (Å²) in [6.45, 7) is 8.69. The van der Waals surface area contributed by atoms with Crippen molar-refractivity contribution >= 4 is 11.5 Å². The second-order valence-electron chi connectivity index (χ2n) is 4.70. The molecule has 5 heteroatoms. The van der Waals surface area contributed by atoms with Gasteiger partial charge in [0.25, 0.3) is 0 Å². The smallest absolute Gasteiger partial charge is 0.148 e. The van der Waals surface area contributed by atoms with E-state index < -0.39 is 0 Å². The number of nitrogens with one attached hydrogen (secondary N) is 1. The molecule has 0 radical (unpaired) electrons. The van der Waals surface area contributed by atoms with E-state index in [-0.39, 0.29) is 12.1 Å². The summed E-state index contributed by atoms with van der Waals surface area (Å²) in [6.07, 6.45) is 1.39. The molecule has 2 unspecified atom stereocenters. The first-order chi connectivity index (χ1) is 7.95. The lowest BCUT2D eigenvalue weighted by Crippen LogP contribution is -2.23. The largest absolute Gasteiger partial charge is 0.394 e. The van der Waals surface area contributed by atoms with Crippen LogP contribution in [-0.4, -0.2) is 27.0 Å². The fourth-order valence-corrected chi connectivity index (χ4v) is 1.93. The van der Waals surface area contributed by atoms with Crippen LogP contribution in [0.25, 0.3) is 0 Å². The first-order valence-electron chi connectivity index (χ1n) is 6.23. The number of nitrogen functional groups attached to an aromatic ring is 1. The molecule has 0 saturated carbocycles. The maximum Gasteiger partial charge on any atom is 0.148 e. The van der Waals surface area contributed by atoms with Crippen LogP contribution in [0.4, 0.5) is 11.5 Å². The molecular weight excluding hydrogens is 216 g/mol. The zero-order valence-corrected chi connectivity index (χ0v) is 11.2. The molecule has 0 amide bonds. The Morgan fingerprint density at radius 2 is 2.12 bits per heavy atom. The Kier molecular flexibility index (Phi) is 4.81. The molecule has 1 aromatic heterocycles. The third-order valence-corrected chi connectivity index (χ3v) is 2.69. The molecule has 1 rings (SSSR count). The van der Waals surface area contributed by atoms with Crippen molar-refractivity contribution < 1.29 is 5.11 Å². The first-order valence-corrected chi connectivity index (χ1v) is 6.23. The maximum atomic E-state index is 9.35. The summed E-state index contributed by atoms with van der Waals surface area (Å²) in [5.41, 5.74) is 7.56. The van der Waals surface area contributed by atoms with Crippen molar-refractivity contribution in [1.82, 2.24) is 9.78 Å². The summed E-state index contributed by atoms with van der Waals surface area (Å²) in [6, 6.07) is 0.170. The molecule has 0 aliphatic rings. The number of hydrogen-bond acceptors (Lipinski definition) is 4. The molecule has 0 aliphatic carbocycles. The van der Waals surface area contributed by atoms with E-state index in [9.17, 15) is 5.11 Å². The van der Waals surface area contributed by atoms with E-state index in [0.717, 1.165) is 24.5 Å². The lowest BCUT2D eigenvalue weighted by molar-refractivity contribution is 0.179. The molecule has 0 bridgehead atoms. The van der Waals surface area contributed by atoms with Crippen molar-refractivity contribution in [2.24, 2.45) is 0 Å². The van der Waals surface area contributed by atoms with Gasteiger partial charge in [-0.3, -0.25) is 0 Å². The van der Waals surface area contributed by atoms with Crippen molar-refractivity contribution in [3.63, 3.8) is 0 Å². The number of aromatic nitrogens is 2. The van der Waals surface area contributed by atoms with Gasteiger partial charge in [-0.1, -0.05) is 6.92 Å². The molecule has 17 heavy (non-hydrogen) atoms. The van der Waals surface area contributed by atoms with Crippen LogP contribution in [0.3, 0.4) is 0 Å². The van der Waals surface area contributed by atoms with E-state index in [2.05, 4.69) is 17.3 Å². The molecule has 4 N–H and O–H groups in total. The van der Waals surface area contributed by atoms with Crippen LogP contribution in [0.15, 0.2) is 0 Å². The minimum Gasteiger partial charge on any atom is -0.394 e. The number of hydrogen-bond donors (Lipinski definition) is 3. The monoisotopic (exact) mass is 240 g/mol. The Labute approximate surface area is 103 Å². The number of nitrogens with two attached hydrogens (primary N) is 1. The van der Waals surface area contributed by atoms with E-state index in [4.69, 9.17) is 5.73 Å². The highest BCUT2D eigenvalue weighted by atomic mass is 16.3. The number of nitrogens with zero attached hydrogens (tertiary/aromatic N) is 2. The van der Waals surface area contributed by atoms with Gasteiger partial charge in [0.2, 0.25) is 0 Å². The normalized spacial score (nSPS) is 14.6. The highest BCUT2D eigenvalue weighted by Gasteiger charge is 2.15. The molecule has 0 spiro atoms. The quantitative estimate of drug-likeness (QED) is 0.708. The van der Waals surface area contributed by atoms with Gasteiger partial charge in [-0.25, -0.2) is 4.68 Å². The Morgan fingerprint density at radius 3 is 2.65 bits per heavy atom. The molecule has 98 valence electrons. The fourth-order valence-electron chi connectivity index (χ4n) is 1.93. The van der Waals surface area contributed by atoms with Crippen molar-refractivity contribution in [2.45, 2.75) is 59.2 Å². The molecule has 2 atom stereocenters. The predicted molar refractivity (Wildman–Crippen MR) is 71.0 cm³/mol. The van der Waals surface area contributed by atoms with Crippen LogP contribution < -0.4 is 11.1 Å². The fraction of sp³-hybridized carbons (Fsp3) is 0.750. The average molecular weight is 240 g/mol. The summed E-state index contributed by atoms with van der Waals surface area (Å²) < 4.78 is 1.91. The number of aliphatic hydroxyl groups is 1. The Bertz CT molecular complexity index is 360. The topological polar surface area (TPSA) is 76.1 Å². The zero-order chi connectivity index (χ0) is 13.0. The van der Waals surface area contributed by atoms with Crippen LogP contribution in [-0.2, 0) is 6.54 Å². The van der Waals surface area contributed by atoms with E-state index >= 15 is 0 Å². The molecule has 0 aliphatic heterocycles. The highest BCUT2D eigenvalue weighted by molar-refractivity contribution is 5.65. The summed E-state index contributed by atoms with van der Waals surface area (Å²) in [7, 11) is 0. The van der Waals surface area contributed by atoms with Crippen LogP contribution in [0.1, 0.15) is 39.3 Å². The summed E-state index contributed by atoms with van der Waals surface area (Å²) in [5, 5.41) is 17.1. The van der Waals surface area contributed by atoms with Crippen LogP contribution in [0.5, 0.6) is 0 Å². The molecular formula is C12H24N4O. The van der Waals surface area contributed by atoms with Crippen LogP contribution in [0, 0.1) is 6.92 Å². The SMILES string of the molecule is CCCn1nc(C)c(N)c1NC(C)CC(C)O. The van der Waals surface area contributed by atoms with Crippen LogP contribution >= 0.6 is 0 Å². The van der Waals surface area contributed by atoms with Gasteiger partial charge in [-0.05, 0) is 33.6 Å².